The van der Waals surface area contributed by atoms with Crippen LogP contribution in [0.25, 0.3) is 0 Å². The smallest absolute Gasteiger partial charge is 0.175 e. The van der Waals surface area contributed by atoms with Gasteiger partial charge in [0.05, 0.1) is 13.0 Å². The topological polar surface area (TPSA) is 101 Å². The Morgan fingerprint density at radius 2 is 2.13 bits per heavy atom. The maximum atomic E-state index is 13.8. The second-order valence-corrected chi connectivity index (χ2v) is 7.99. The van der Waals surface area contributed by atoms with E-state index in [1.54, 1.807) is 26.3 Å². The molecule has 0 saturated heterocycles. The van der Waals surface area contributed by atoms with E-state index in [0.29, 0.717) is 29.5 Å². The van der Waals surface area contributed by atoms with Crippen molar-refractivity contribution < 1.29 is 14.1 Å². The number of anilines is 1. The van der Waals surface area contributed by atoms with Crippen molar-refractivity contribution in [2.24, 2.45) is 16.8 Å². The van der Waals surface area contributed by atoms with E-state index in [1.165, 1.54) is 6.42 Å². The Bertz CT molecular complexity index is 915. The molecule has 0 spiro atoms. The Balaban J connectivity index is 1.93. The van der Waals surface area contributed by atoms with Gasteiger partial charge in [-0.2, -0.15) is 0 Å². The molecule has 7 nitrogen and oxygen atoms in total. The lowest BCUT2D eigenvalue weighted by molar-refractivity contribution is -0.120. The number of nitrogens with one attached hydrogen (secondary N) is 2. The molecule has 1 saturated carbocycles. The molecule has 2 aromatic rings. The fourth-order valence-corrected chi connectivity index (χ4v) is 4.06. The highest BCUT2D eigenvalue weighted by Crippen LogP contribution is 2.30. The average molecular weight is 425 g/mol. The third-order valence-electron chi connectivity index (χ3n) is 5.73. The first-order chi connectivity index (χ1) is 15.0. The van der Waals surface area contributed by atoms with Crippen LogP contribution < -0.4 is 10.1 Å². The zero-order valence-corrected chi connectivity index (χ0v) is 18.6. The van der Waals surface area contributed by atoms with Gasteiger partial charge >= 0.3 is 0 Å². The summed E-state index contributed by atoms with van der Waals surface area (Å²) in [5, 5.41) is 16.2. The summed E-state index contributed by atoms with van der Waals surface area (Å²) < 4.78 is 10.6. The summed E-state index contributed by atoms with van der Waals surface area (Å²) in [6.07, 6.45) is 6.97. The molecule has 31 heavy (non-hydrogen) atoms. The molecule has 2 unspecified atom stereocenters. The van der Waals surface area contributed by atoms with Gasteiger partial charge in [0.15, 0.2) is 5.78 Å². The Kier molecular flexibility index (Phi) is 7.98. The van der Waals surface area contributed by atoms with Crippen LogP contribution in [-0.4, -0.2) is 36.5 Å². The van der Waals surface area contributed by atoms with E-state index < -0.39 is 12.0 Å². The van der Waals surface area contributed by atoms with Gasteiger partial charge in [0.25, 0.3) is 0 Å². The predicted octanol–water partition coefficient (Wildman–Crippen LogP) is 5.02. The number of aromatic nitrogens is 1. The van der Waals surface area contributed by atoms with Gasteiger partial charge in [0, 0.05) is 36.3 Å². The predicted molar refractivity (Wildman–Crippen MR) is 122 cm³/mol. The number of carbonyl (C=O) groups is 1. The number of aryl methyl sites for hydroxylation is 1. The molecule has 3 rings (SSSR count). The monoisotopic (exact) mass is 424 g/mol. The molecule has 0 amide bonds. The van der Waals surface area contributed by atoms with Crippen molar-refractivity contribution in [2.75, 3.05) is 19.0 Å². The van der Waals surface area contributed by atoms with E-state index in [0.717, 1.165) is 31.4 Å². The van der Waals surface area contributed by atoms with E-state index >= 15 is 0 Å². The molecule has 0 bridgehead atoms. The number of methoxy groups -OCH3 is 1. The molecule has 0 radical (unpaired) electrons. The Labute approximate surface area is 183 Å². The van der Waals surface area contributed by atoms with Crippen molar-refractivity contribution in [3.05, 3.63) is 41.8 Å². The number of carbonyl (C=O) groups excluding carboxylic acids is 1. The van der Waals surface area contributed by atoms with E-state index in [-0.39, 0.29) is 11.7 Å². The molecule has 1 aliphatic carbocycles. The lowest BCUT2D eigenvalue weighted by atomic mass is 9.79. The van der Waals surface area contributed by atoms with E-state index in [2.05, 4.69) is 15.5 Å². The number of rotatable bonds is 10. The molecule has 1 heterocycles. The average Bonchev–Trinajstić information content (AvgIpc) is 3.24. The standard InChI is InChI=1S/C24H32N4O3/c1-4-26-15-20(22(25)17-9-6-5-7-10-17)24(29)23(21-13-16(2)31-28-21)27-18-11-8-12-19(14-18)30-3/h8,11-15,17,20,23,25,27H,4-7,9-10H2,1-3H3. The van der Waals surface area contributed by atoms with Crippen molar-refractivity contribution in [1.29, 1.82) is 5.41 Å². The molecule has 0 aliphatic heterocycles. The van der Waals surface area contributed by atoms with Crippen LogP contribution in [0.2, 0.25) is 0 Å². The molecule has 1 aromatic carbocycles. The molecule has 1 aromatic heterocycles. The summed E-state index contributed by atoms with van der Waals surface area (Å²) in [6.45, 7) is 4.29. The van der Waals surface area contributed by atoms with Gasteiger partial charge in [-0.3, -0.25) is 9.79 Å². The molecular weight excluding hydrogens is 392 g/mol. The Morgan fingerprint density at radius 3 is 2.77 bits per heavy atom. The number of aliphatic imine (C=N–C) groups is 1. The van der Waals surface area contributed by atoms with Crippen LogP contribution in [0.3, 0.4) is 0 Å². The van der Waals surface area contributed by atoms with Crippen LogP contribution in [0.1, 0.15) is 56.5 Å². The summed E-state index contributed by atoms with van der Waals surface area (Å²) in [6, 6.07) is 8.40. The van der Waals surface area contributed by atoms with Gasteiger partial charge in [-0.15, -0.1) is 0 Å². The fourth-order valence-electron chi connectivity index (χ4n) is 4.06. The summed E-state index contributed by atoms with van der Waals surface area (Å²) >= 11 is 0. The van der Waals surface area contributed by atoms with Crippen LogP contribution in [0, 0.1) is 24.2 Å². The Hall–Kier alpha value is -2.96. The zero-order valence-electron chi connectivity index (χ0n) is 18.6. The summed E-state index contributed by atoms with van der Waals surface area (Å²) in [5.74, 6) is 0.600. The zero-order chi connectivity index (χ0) is 22.2. The quantitative estimate of drug-likeness (QED) is 0.522. The highest BCUT2D eigenvalue weighted by molar-refractivity contribution is 6.18. The largest absolute Gasteiger partial charge is 0.497 e. The fraction of sp³-hybridized carbons (Fsp3) is 0.500. The van der Waals surface area contributed by atoms with Gasteiger partial charge in [0.2, 0.25) is 0 Å². The van der Waals surface area contributed by atoms with Gasteiger partial charge in [-0.25, -0.2) is 0 Å². The number of Topliss-reactive ketones (excluding diaryl/α,β-unsaturated/α-hetero) is 1. The molecule has 2 N–H and O–H groups in total. The van der Waals surface area contributed by atoms with Gasteiger partial charge in [-0.1, -0.05) is 30.5 Å². The van der Waals surface area contributed by atoms with Gasteiger partial charge in [0.1, 0.15) is 23.2 Å². The van der Waals surface area contributed by atoms with Crippen LogP contribution in [0.4, 0.5) is 5.69 Å². The van der Waals surface area contributed by atoms with Gasteiger partial charge < -0.3 is 20.0 Å². The minimum absolute atomic E-state index is 0.127. The summed E-state index contributed by atoms with van der Waals surface area (Å²) in [7, 11) is 1.60. The van der Waals surface area contributed by atoms with Crippen molar-refractivity contribution in [3.63, 3.8) is 0 Å². The number of ether oxygens (including phenoxy) is 1. The van der Waals surface area contributed by atoms with Crippen LogP contribution in [0.5, 0.6) is 5.75 Å². The van der Waals surface area contributed by atoms with Crippen molar-refractivity contribution in [1.82, 2.24) is 5.16 Å². The van der Waals surface area contributed by atoms with E-state index in [9.17, 15) is 4.79 Å². The first-order valence-electron chi connectivity index (χ1n) is 11.0. The lowest BCUT2D eigenvalue weighted by Gasteiger charge is -2.27. The van der Waals surface area contributed by atoms with Crippen LogP contribution in [0.15, 0.2) is 39.8 Å². The Morgan fingerprint density at radius 1 is 1.35 bits per heavy atom. The molecular formula is C24H32N4O3. The molecule has 2 atom stereocenters. The number of nitrogens with zero attached hydrogens (tertiary/aromatic N) is 2. The number of hydrogen-bond donors (Lipinski definition) is 2. The summed E-state index contributed by atoms with van der Waals surface area (Å²) in [4.78, 5) is 18.1. The first kappa shape index (κ1) is 22.7. The van der Waals surface area contributed by atoms with Crippen molar-refractivity contribution >= 4 is 23.4 Å². The van der Waals surface area contributed by atoms with E-state index in [4.69, 9.17) is 14.7 Å². The number of benzene rings is 1. The second-order valence-electron chi connectivity index (χ2n) is 7.99. The SMILES string of the molecule is CCN=CC(C(=N)C1CCCCC1)C(=O)C(Nc1cccc(OC)c1)c1cc(C)on1. The normalized spacial score (nSPS) is 16.7. The molecule has 1 fully saturated rings. The highest BCUT2D eigenvalue weighted by Gasteiger charge is 2.35. The maximum Gasteiger partial charge on any atom is 0.175 e. The highest BCUT2D eigenvalue weighted by atomic mass is 16.5. The third kappa shape index (κ3) is 5.81. The van der Waals surface area contributed by atoms with Gasteiger partial charge in [-0.05, 0) is 44.7 Å². The summed E-state index contributed by atoms with van der Waals surface area (Å²) in [5.41, 5.74) is 1.69. The molecule has 7 heteroatoms. The van der Waals surface area contributed by atoms with E-state index in [1.807, 2.05) is 31.2 Å². The van der Waals surface area contributed by atoms with Crippen molar-refractivity contribution in [2.45, 2.75) is 52.0 Å². The number of hydrogen-bond acceptors (Lipinski definition) is 7. The molecule has 166 valence electrons. The van der Waals surface area contributed by atoms with Crippen LogP contribution >= 0.6 is 0 Å². The minimum Gasteiger partial charge on any atom is -0.497 e. The van der Waals surface area contributed by atoms with Crippen molar-refractivity contribution in [3.8, 4) is 5.75 Å². The van der Waals surface area contributed by atoms with Crippen LogP contribution in [-0.2, 0) is 4.79 Å². The number of ketones is 1. The maximum absolute atomic E-state index is 13.8. The lowest BCUT2D eigenvalue weighted by Crippen LogP contribution is -2.37. The second kappa shape index (κ2) is 10.9. The minimum atomic E-state index is -0.762. The third-order valence-corrected chi connectivity index (χ3v) is 5.73. The molecule has 1 aliphatic rings. The first-order valence-corrected chi connectivity index (χ1v) is 11.0.